The number of hydrogen-bond donors (Lipinski definition) is 1. The second-order valence-electron chi connectivity index (χ2n) is 10.6. The Balaban J connectivity index is 1.68. The van der Waals surface area contributed by atoms with E-state index in [9.17, 15) is 45.2 Å². The van der Waals surface area contributed by atoms with Crippen LogP contribution < -0.4 is 14.5 Å². The number of sulfonamides is 1. The molecule has 3 aromatic rings. The molecule has 2 atom stereocenters. The van der Waals surface area contributed by atoms with E-state index in [0.717, 1.165) is 30.5 Å². The highest BCUT2D eigenvalue weighted by atomic mass is 35.5. The Morgan fingerprint density at radius 2 is 1.82 bits per heavy atom. The van der Waals surface area contributed by atoms with Gasteiger partial charge in [-0.1, -0.05) is 35.9 Å². The summed E-state index contributed by atoms with van der Waals surface area (Å²) < 4.78 is 95.9. The molecule has 1 aromatic heterocycles. The number of benzene rings is 2. The number of alkyl halides is 5. The molecule has 9 nitrogen and oxygen atoms in total. The molecule has 2 fully saturated rings. The average molecular weight is 668 g/mol. The lowest BCUT2D eigenvalue weighted by molar-refractivity contribution is -0.137. The van der Waals surface area contributed by atoms with Gasteiger partial charge in [-0.2, -0.15) is 18.4 Å². The molecule has 0 bridgehead atoms. The van der Waals surface area contributed by atoms with Gasteiger partial charge in [0.2, 0.25) is 15.9 Å². The largest absolute Gasteiger partial charge is 0.416 e. The number of amides is 2. The zero-order valence-electron chi connectivity index (χ0n) is 23.0. The van der Waals surface area contributed by atoms with E-state index in [1.165, 1.54) is 30.3 Å². The first-order valence-corrected chi connectivity index (χ1v) is 15.4. The molecule has 1 aliphatic carbocycles. The molecule has 5 rings (SSSR count). The summed E-state index contributed by atoms with van der Waals surface area (Å²) in [5.41, 5.74) is -1.63. The van der Waals surface area contributed by atoms with Crippen molar-refractivity contribution in [3.8, 4) is 6.07 Å². The fourth-order valence-electron chi connectivity index (χ4n) is 5.34. The molecule has 1 N–H and O–H groups in total. The zero-order chi connectivity index (χ0) is 32.7. The highest BCUT2D eigenvalue weighted by Crippen LogP contribution is 2.41. The van der Waals surface area contributed by atoms with Crippen molar-refractivity contribution in [2.75, 3.05) is 15.0 Å². The summed E-state index contributed by atoms with van der Waals surface area (Å²) >= 11 is 6.43. The molecule has 2 amide bonds. The van der Waals surface area contributed by atoms with E-state index >= 15 is 0 Å². The summed E-state index contributed by atoms with van der Waals surface area (Å²) in [6, 6.07) is 9.02. The summed E-state index contributed by atoms with van der Waals surface area (Å²) in [6.45, 7) is 0. The van der Waals surface area contributed by atoms with Crippen LogP contribution in [0.3, 0.4) is 0 Å². The summed E-state index contributed by atoms with van der Waals surface area (Å²) in [5, 5.41) is 11.7. The van der Waals surface area contributed by atoms with Crippen molar-refractivity contribution in [2.45, 2.75) is 49.5 Å². The van der Waals surface area contributed by atoms with E-state index in [-0.39, 0.29) is 28.4 Å². The van der Waals surface area contributed by atoms with Crippen molar-refractivity contribution in [3.05, 3.63) is 88.6 Å². The first-order chi connectivity index (χ1) is 21.1. The predicted molar refractivity (Wildman–Crippen MR) is 153 cm³/mol. The Morgan fingerprint density at radius 1 is 1.11 bits per heavy atom. The number of carbonyl (C=O) groups is 2. The molecule has 45 heavy (non-hydrogen) atoms. The van der Waals surface area contributed by atoms with Gasteiger partial charge in [0.05, 0.1) is 22.9 Å². The minimum atomic E-state index is -4.87. The third kappa shape index (κ3) is 6.57. The highest BCUT2D eigenvalue weighted by molar-refractivity contribution is 7.93. The van der Waals surface area contributed by atoms with E-state index in [4.69, 9.17) is 11.6 Å². The van der Waals surface area contributed by atoms with Crippen molar-refractivity contribution in [1.82, 2.24) is 10.3 Å². The quantitative estimate of drug-likeness (QED) is 0.345. The summed E-state index contributed by atoms with van der Waals surface area (Å²) in [7, 11) is -4.23. The van der Waals surface area contributed by atoms with E-state index < -0.39 is 81.9 Å². The van der Waals surface area contributed by atoms with Crippen LogP contribution in [0, 0.1) is 11.3 Å². The van der Waals surface area contributed by atoms with Crippen molar-refractivity contribution >= 4 is 44.9 Å². The average Bonchev–Trinajstić information content (AvgIpc) is 3.29. The van der Waals surface area contributed by atoms with Gasteiger partial charge in [-0.05, 0) is 42.8 Å². The number of pyridine rings is 1. The van der Waals surface area contributed by atoms with Gasteiger partial charge in [0.1, 0.15) is 17.9 Å². The smallest absolute Gasteiger partial charge is 0.351 e. The second kappa shape index (κ2) is 11.9. The number of nitrogens with one attached hydrogen (secondary N) is 1. The van der Waals surface area contributed by atoms with E-state index in [2.05, 4.69) is 10.3 Å². The minimum absolute atomic E-state index is 0.0219. The second-order valence-corrected chi connectivity index (χ2v) is 13.0. The maximum absolute atomic E-state index is 14.5. The predicted octanol–water partition coefficient (Wildman–Crippen LogP) is 5.22. The first kappa shape index (κ1) is 32.1. The van der Waals surface area contributed by atoms with Crippen LogP contribution in [0.2, 0.25) is 5.02 Å². The molecule has 0 radical (unpaired) electrons. The monoisotopic (exact) mass is 667 g/mol. The molecule has 2 aliphatic rings. The minimum Gasteiger partial charge on any atom is -0.351 e. The van der Waals surface area contributed by atoms with Gasteiger partial charge in [-0.15, -0.1) is 0 Å². The number of halogens is 6. The Kier molecular flexibility index (Phi) is 8.49. The third-order valence-electron chi connectivity index (χ3n) is 7.45. The van der Waals surface area contributed by atoms with Gasteiger partial charge in [0, 0.05) is 41.4 Å². The van der Waals surface area contributed by atoms with Gasteiger partial charge in [-0.25, -0.2) is 26.5 Å². The molecule has 236 valence electrons. The topological polar surface area (TPSA) is 123 Å². The molecule has 1 saturated heterocycles. The van der Waals surface area contributed by atoms with Gasteiger partial charge in [0.25, 0.3) is 11.8 Å². The highest BCUT2D eigenvalue weighted by Gasteiger charge is 2.50. The molecule has 2 heterocycles. The Labute approximate surface area is 259 Å². The molecule has 0 spiro atoms. The van der Waals surface area contributed by atoms with Crippen molar-refractivity contribution in [2.24, 2.45) is 0 Å². The zero-order valence-corrected chi connectivity index (χ0v) is 24.6. The number of nitrogens with zero attached hydrogens (tertiary/aromatic N) is 4. The normalized spacial score (nSPS) is 19.7. The third-order valence-corrected chi connectivity index (χ3v) is 9.59. The Hall–Kier alpha value is -4.29. The van der Waals surface area contributed by atoms with Gasteiger partial charge >= 0.3 is 6.18 Å². The van der Waals surface area contributed by atoms with Crippen LogP contribution >= 0.6 is 11.6 Å². The molecular formula is C29H23ClF5N5O4S. The van der Waals surface area contributed by atoms with Gasteiger partial charge in [-0.3, -0.25) is 14.5 Å². The number of aromatic nitrogens is 1. The van der Waals surface area contributed by atoms with Gasteiger partial charge < -0.3 is 5.32 Å². The number of rotatable bonds is 7. The van der Waals surface area contributed by atoms with Crippen molar-refractivity contribution < 1.29 is 40.0 Å². The fraction of sp³-hybridized carbons (Fsp3) is 0.310. The van der Waals surface area contributed by atoms with E-state index in [1.54, 1.807) is 0 Å². The Morgan fingerprint density at radius 3 is 2.47 bits per heavy atom. The molecule has 2 aromatic carbocycles. The van der Waals surface area contributed by atoms with Crippen LogP contribution in [0.15, 0.2) is 66.9 Å². The van der Waals surface area contributed by atoms with Crippen LogP contribution in [0.1, 0.15) is 42.0 Å². The summed E-state index contributed by atoms with van der Waals surface area (Å²) in [4.78, 5) is 33.1. The number of anilines is 2. The molecule has 1 unspecified atom stereocenters. The molecule has 1 saturated carbocycles. The molecule has 16 heteroatoms. The fourth-order valence-corrected chi connectivity index (χ4v) is 7.26. The first-order valence-electron chi connectivity index (χ1n) is 13.4. The van der Waals surface area contributed by atoms with Crippen LogP contribution in [0.4, 0.5) is 33.5 Å². The van der Waals surface area contributed by atoms with Crippen molar-refractivity contribution in [1.29, 1.82) is 5.26 Å². The van der Waals surface area contributed by atoms with Crippen molar-refractivity contribution in [3.63, 3.8) is 0 Å². The maximum Gasteiger partial charge on any atom is 0.416 e. The van der Waals surface area contributed by atoms with Crippen LogP contribution in [0.25, 0.3) is 0 Å². The van der Waals surface area contributed by atoms with Crippen LogP contribution in [-0.4, -0.2) is 49.0 Å². The molecular weight excluding hydrogens is 645 g/mol. The van der Waals surface area contributed by atoms with Crippen LogP contribution in [0.5, 0.6) is 0 Å². The standard InChI is InChI=1S/C29H23ClF5N5O4S/c30-22-7-2-1-6-21(22)25(26(41)38-19-14-28(31,32)15-19)39(20-5-3-4-18(13-20)29(33,34)35)27(42)23-9-11-45(43,44)40(23)24-12-17(16-36)8-10-37-24/h1-8,10,12-13,19,23,25H,9,11,14-15H2,(H,38,41)/t23?,25-/m0/s1. The summed E-state index contributed by atoms with van der Waals surface area (Å²) in [6.07, 6.45) is -5.44. The lowest BCUT2D eigenvalue weighted by atomic mass is 9.87. The molecule has 1 aliphatic heterocycles. The van der Waals surface area contributed by atoms with E-state index in [1.807, 2.05) is 6.07 Å². The lowest BCUT2D eigenvalue weighted by Gasteiger charge is -2.39. The van der Waals surface area contributed by atoms with Crippen LogP contribution in [-0.2, 0) is 25.8 Å². The SMILES string of the molecule is N#Cc1ccnc(N2C(C(=O)N(c3cccc(C(F)(F)F)c3)[C@H](C(=O)NC3CC(F)(F)C3)c3ccccc3Cl)CCS2(=O)=O)c1. The lowest BCUT2D eigenvalue weighted by Crippen LogP contribution is -2.56. The maximum atomic E-state index is 14.5. The summed E-state index contributed by atoms with van der Waals surface area (Å²) in [5.74, 6) is -6.01. The van der Waals surface area contributed by atoms with E-state index in [0.29, 0.717) is 15.3 Å². The number of carbonyl (C=O) groups excluding carboxylic acids is 2. The Bertz CT molecular complexity index is 1790. The number of nitriles is 1. The number of hydrogen-bond acceptors (Lipinski definition) is 6. The van der Waals surface area contributed by atoms with Gasteiger partial charge in [0.15, 0.2) is 0 Å².